The SMILES string of the molecule is CCNS(=O)(=O)c1ccc(NS(=O)(=O)c2ccc(C(C)C)cc2)cc1. The summed E-state index contributed by atoms with van der Waals surface area (Å²) in [5.41, 5.74) is 1.35. The molecule has 0 spiro atoms. The van der Waals surface area contributed by atoms with Gasteiger partial charge in [-0.25, -0.2) is 21.6 Å². The second kappa shape index (κ2) is 7.55. The van der Waals surface area contributed by atoms with Gasteiger partial charge >= 0.3 is 0 Å². The van der Waals surface area contributed by atoms with Crippen molar-refractivity contribution < 1.29 is 16.8 Å². The fraction of sp³-hybridized carbons (Fsp3) is 0.294. The van der Waals surface area contributed by atoms with Crippen molar-refractivity contribution in [1.29, 1.82) is 0 Å². The van der Waals surface area contributed by atoms with Gasteiger partial charge in [-0.1, -0.05) is 32.9 Å². The first kappa shape index (κ1) is 19.4. The van der Waals surface area contributed by atoms with Crippen LogP contribution in [0, 0.1) is 0 Å². The molecule has 0 aliphatic rings. The molecule has 0 unspecified atom stereocenters. The summed E-state index contributed by atoms with van der Waals surface area (Å²) in [5, 5.41) is 0. The molecule has 8 heteroatoms. The van der Waals surface area contributed by atoms with Gasteiger partial charge in [0.25, 0.3) is 10.0 Å². The van der Waals surface area contributed by atoms with Gasteiger partial charge in [-0.05, 0) is 47.9 Å². The summed E-state index contributed by atoms with van der Waals surface area (Å²) in [6.45, 7) is 6.03. The van der Waals surface area contributed by atoms with Gasteiger partial charge in [0.2, 0.25) is 10.0 Å². The molecule has 2 aromatic rings. The predicted octanol–water partition coefficient (Wildman–Crippen LogP) is 2.91. The minimum absolute atomic E-state index is 0.0820. The van der Waals surface area contributed by atoms with Crippen molar-refractivity contribution in [2.75, 3.05) is 11.3 Å². The van der Waals surface area contributed by atoms with Crippen LogP contribution in [0.3, 0.4) is 0 Å². The van der Waals surface area contributed by atoms with Gasteiger partial charge in [0.1, 0.15) is 0 Å². The van der Waals surface area contributed by atoms with Gasteiger partial charge < -0.3 is 0 Å². The van der Waals surface area contributed by atoms with E-state index in [0.29, 0.717) is 11.6 Å². The highest BCUT2D eigenvalue weighted by Gasteiger charge is 2.16. The van der Waals surface area contributed by atoms with Crippen LogP contribution in [0.4, 0.5) is 5.69 Å². The summed E-state index contributed by atoms with van der Waals surface area (Å²) in [7, 11) is -7.29. The number of rotatable bonds is 7. The molecule has 0 bridgehead atoms. The molecule has 2 N–H and O–H groups in total. The average Bonchev–Trinajstić information content (AvgIpc) is 2.55. The Balaban J connectivity index is 2.20. The van der Waals surface area contributed by atoms with Crippen molar-refractivity contribution >= 4 is 25.7 Å². The Kier molecular flexibility index (Phi) is 5.87. The zero-order valence-corrected chi connectivity index (χ0v) is 16.0. The predicted molar refractivity (Wildman–Crippen MR) is 98.6 cm³/mol. The molecule has 0 radical (unpaired) electrons. The van der Waals surface area contributed by atoms with Gasteiger partial charge in [-0.3, -0.25) is 4.72 Å². The zero-order valence-electron chi connectivity index (χ0n) is 14.4. The third-order valence-electron chi connectivity index (χ3n) is 3.61. The van der Waals surface area contributed by atoms with Crippen molar-refractivity contribution in [3.63, 3.8) is 0 Å². The molecule has 0 aliphatic heterocycles. The van der Waals surface area contributed by atoms with Crippen molar-refractivity contribution in [2.24, 2.45) is 0 Å². The molecule has 2 aromatic carbocycles. The van der Waals surface area contributed by atoms with Crippen molar-refractivity contribution in [3.8, 4) is 0 Å². The van der Waals surface area contributed by atoms with E-state index < -0.39 is 20.0 Å². The molecule has 136 valence electrons. The number of sulfonamides is 2. The topological polar surface area (TPSA) is 92.3 Å². The Morgan fingerprint density at radius 1 is 0.800 bits per heavy atom. The van der Waals surface area contributed by atoms with E-state index in [1.54, 1.807) is 31.2 Å². The Morgan fingerprint density at radius 3 is 1.76 bits per heavy atom. The third-order valence-corrected chi connectivity index (χ3v) is 6.57. The zero-order chi connectivity index (χ0) is 18.7. The van der Waals surface area contributed by atoms with Crippen LogP contribution in [-0.2, 0) is 20.0 Å². The highest BCUT2D eigenvalue weighted by molar-refractivity contribution is 7.92. The summed E-state index contributed by atoms with van der Waals surface area (Å²) in [6, 6.07) is 12.2. The molecule has 0 aliphatic carbocycles. The molecule has 25 heavy (non-hydrogen) atoms. The Bertz CT molecular complexity index is 918. The van der Waals surface area contributed by atoms with E-state index in [4.69, 9.17) is 0 Å². The van der Waals surface area contributed by atoms with Crippen LogP contribution in [0.5, 0.6) is 0 Å². The van der Waals surface area contributed by atoms with Crippen LogP contribution in [0.15, 0.2) is 58.3 Å². The van der Waals surface area contributed by atoms with Crippen molar-refractivity contribution in [3.05, 3.63) is 54.1 Å². The fourth-order valence-electron chi connectivity index (χ4n) is 2.22. The molecule has 6 nitrogen and oxygen atoms in total. The molecular formula is C17H22N2O4S2. The minimum atomic E-state index is -3.73. The van der Waals surface area contributed by atoms with E-state index in [2.05, 4.69) is 9.44 Å². The molecule has 0 aromatic heterocycles. The highest BCUT2D eigenvalue weighted by atomic mass is 32.2. The monoisotopic (exact) mass is 382 g/mol. The van der Waals surface area contributed by atoms with Gasteiger partial charge in [0.15, 0.2) is 0 Å². The number of hydrogen-bond donors (Lipinski definition) is 2. The van der Waals surface area contributed by atoms with E-state index in [9.17, 15) is 16.8 Å². The highest BCUT2D eigenvalue weighted by Crippen LogP contribution is 2.21. The Morgan fingerprint density at radius 2 is 1.28 bits per heavy atom. The fourth-order valence-corrected chi connectivity index (χ4v) is 4.32. The summed E-state index contributed by atoms with van der Waals surface area (Å²) in [5.74, 6) is 0.316. The first-order valence-corrected chi connectivity index (χ1v) is 10.8. The summed E-state index contributed by atoms with van der Waals surface area (Å²) >= 11 is 0. The Labute approximate surface area is 149 Å². The maximum Gasteiger partial charge on any atom is 0.261 e. The van der Waals surface area contributed by atoms with Crippen LogP contribution in [0.2, 0.25) is 0 Å². The van der Waals surface area contributed by atoms with Crippen molar-refractivity contribution in [2.45, 2.75) is 36.5 Å². The first-order valence-electron chi connectivity index (χ1n) is 7.88. The number of hydrogen-bond acceptors (Lipinski definition) is 4. The summed E-state index contributed by atoms with van der Waals surface area (Å²) in [4.78, 5) is 0.236. The number of anilines is 1. The maximum absolute atomic E-state index is 12.4. The lowest BCUT2D eigenvalue weighted by molar-refractivity contribution is 0.584. The number of benzene rings is 2. The van der Waals surface area contributed by atoms with Crippen LogP contribution in [0.25, 0.3) is 0 Å². The largest absolute Gasteiger partial charge is 0.280 e. The second-order valence-corrected chi connectivity index (χ2v) is 9.30. The van der Waals surface area contributed by atoms with Gasteiger partial charge in [0.05, 0.1) is 9.79 Å². The molecule has 0 fully saturated rings. The van der Waals surface area contributed by atoms with Crippen LogP contribution >= 0.6 is 0 Å². The minimum Gasteiger partial charge on any atom is -0.280 e. The Hall–Kier alpha value is -1.90. The van der Waals surface area contributed by atoms with Gasteiger partial charge in [-0.15, -0.1) is 0 Å². The van der Waals surface area contributed by atoms with Crippen molar-refractivity contribution in [1.82, 2.24) is 4.72 Å². The lowest BCUT2D eigenvalue weighted by Gasteiger charge is -2.11. The lowest BCUT2D eigenvalue weighted by atomic mass is 10.0. The van der Waals surface area contributed by atoms with E-state index >= 15 is 0 Å². The van der Waals surface area contributed by atoms with E-state index in [1.807, 2.05) is 13.8 Å². The van der Waals surface area contributed by atoms with Crippen LogP contribution < -0.4 is 9.44 Å². The molecule has 0 heterocycles. The molecule has 0 saturated carbocycles. The lowest BCUT2D eigenvalue weighted by Crippen LogP contribution is -2.23. The average molecular weight is 383 g/mol. The second-order valence-electron chi connectivity index (χ2n) is 5.85. The molecule has 2 rings (SSSR count). The van der Waals surface area contributed by atoms with E-state index in [-0.39, 0.29) is 16.3 Å². The summed E-state index contributed by atoms with van der Waals surface area (Å²) in [6.07, 6.45) is 0. The molecular weight excluding hydrogens is 360 g/mol. The third kappa shape index (κ3) is 4.81. The van der Waals surface area contributed by atoms with E-state index in [1.165, 1.54) is 24.3 Å². The maximum atomic E-state index is 12.4. The molecule has 0 amide bonds. The van der Waals surface area contributed by atoms with Crippen LogP contribution in [0.1, 0.15) is 32.3 Å². The normalized spacial score (nSPS) is 12.3. The van der Waals surface area contributed by atoms with Gasteiger partial charge in [-0.2, -0.15) is 0 Å². The van der Waals surface area contributed by atoms with Gasteiger partial charge in [0, 0.05) is 12.2 Å². The standard InChI is InChI=1S/C17H22N2O4S2/c1-4-18-24(20,21)16-11-7-15(8-12-16)19-25(22,23)17-9-5-14(6-10-17)13(2)3/h5-13,18-19H,4H2,1-3H3. The quantitative estimate of drug-likeness (QED) is 0.770. The van der Waals surface area contributed by atoms with Crippen LogP contribution in [-0.4, -0.2) is 23.4 Å². The van der Waals surface area contributed by atoms with E-state index in [0.717, 1.165) is 5.56 Å². The first-order chi connectivity index (χ1) is 11.7. The molecule has 0 atom stereocenters. The molecule has 0 saturated heterocycles. The number of nitrogens with one attached hydrogen (secondary N) is 2. The smallest absolute Gasteiger partial charge is 0.261 e. The summed E-state index contributed by atoms with van der Waals surface area (Å²) < 4.78 is 53.5.